The Morgan fingerprint density at radius 2 is 2.00 bits per heavy atom. The van der Waals surface area contributed by atoms with Crippen molar-refractivity contribution >= 4 is 45.4 Å². The molecule has 2 N–H and O–H groups in total. The number of benzene rings is 1. The molecule has 0 aliphatic carbocycles. The van der Waals surface area contributed by atoms with Crippen LogP contribution in [0.1, 0.15) is 67.8 Å². The van der Waals surface area contributed by atoms with E-state index in [-0.39, 0.29) is 5.97 Å². The van der Waals surface area contributed by atoms with Crippen LogP contribution >= 0.6 is 27.5 Å². The van der Waals surface area contributed by atoms with Gasteiger partial charge in [0.05, 0.1) is 17.9 Å². The van der Waals surface area contributed by atoms with Gasteiger partial charge in [0.2, 0.25) is 0 Å². The minimum absolute atomic E-state index is 0.343. The molecule has 0 fully saturated rings. The number of nitrogens with two attached hydrogens (primary N) is 1. The molecule has 0 amide bonds. The summed E-state index contributed by atoms with van der Waals surface area (Å²) < 4.78 is 5.98. The van der Waals surface area contributed by atoms with Gasteiger partial charge < -0.3 is 10.5 Å². The lowest BCUT2D eigenvalue weighted by Gasteiger charge is -2.09. The molecule has 0 radical (unpaired) electrons. The maximum Gasteiger partial charge on any atom is 0.338 e. The fourth-order valence-corrected chi connectivity index (χ4v) is 2.94. The third-order valence-corrected chi connectivity index (χ3v) is 4.70. The summed E-state index contributed by atoms with van der Waals surface area (Å²) in [6.45, 7) is 3.36. The van der Waals surface area contributed by atoms with Crippen LogP contribution < -0.4 is 5.73 Å². The lowest BCUT2D eigenvalue weighted by molar-refractivity contribution is 0.0498. The summed E-state index contributed by atoms with van der Waals surface area (Å²) in [5, 5.41) is 0. The van der Waals surface area contributed by atoms with Crippen LogP contribution in [-0.4, -0.2) is 31.2 Å². The van der Waals surface area contributed by atoms with Crippen molar-refractivity contribution in [3.63, 3.8) is 0 Å². The fourth-order valence-electron chi connectivity index (χ4n) is 2.28. The first-order chi connectivity index (χ1) is 12.1. The summed E-state index contributed by atoms with van der Waals surface area (Å²) in [5.41, 5.74) is 7.86. The Balaban J connectivity index is 2.62. The van der Waals surface area contributed by atoms with Crippen molar-refractivity contribution < 1.29 is 9.53 Å². The number of alkyl halides is 1. The van der Waals surface area contributed by atoms with Crippen molar-refractivity contribution in [3.8, 4) is 0 Å². The van der Waals surface area contributed by atoms with Gasteiger partial charge in [-0.25, -0.2) is 4.79 Å². The van der Waals surface area contributed by atoms with Crippen LogP contribution in [0.3, 0.4) is 0 Å². The van der Waals surface area contributed by atoms with E-state index in [1.165, 1.54) is 19.3 Å². The van der Waals surface area contributed by atoms with Gasteiger partial charge in [-0.2, -0.15) is 0 Å². The van der Waals surface area contributed by atoms with E-state index < -0.39 is 0 Å². The lowest BCUT2D eigenvalue weighted by atomic mass is 10.1. The fraction of sp³-hybridized carbons (Fsp3) is 0.579. The third-order valence-electron chi connectivity index (χ3n) is 3.78. The van der Waals surface area contributed by atoms with Crippen molar-refractivity contribution in [1.29, 1.82) is 0 Å². The molecule has 0 aliphatic heterocycles. The number of nitrogen functional groups attached to an aromatic ring is 1. The molecular weight excluding hydrogens is 404 g/mol. The van der Waals surface area contributed by atoms with Crippen LogP contribution in [0.25, 0.3) is 0 Å². The van der Waals surface area contributed by atoms with Crippen molar-refractivity contribution in [3.05, 3.63) is 27.7 Å². The number of hydrogen-bond acceptors (Lipinski definition) is 4. The maximum atomic E-state index is 12.2. The summed E-state index contributed by atoms with van der Waals surface area (Å²) in [6.07, 6.45) is 9.14. The number of carbonyl (C=O) groups is 1. The first-order valence-electron chi connectivity index (χ1n) is 8.92. The number of aliphatic imine (C=N–C) groups is 1. The van der Waals surface area contributed by atoms with Crippen molar-refractivity contribution in [1.82, 2.24) is 0 Å². The Hall–Kier alpha value is -1.07. The normalized spacial score (nSPS) is 11.2. The topological polar surface area (TPSA) is 64.7 Å². The predicted molar refractivity (Wildman–Crippen MR) is 110 cm³/mol. The molecule has 6 heteroatoms. The molecule has 0 saturated heterocycles. The molecule has 4 nitrogen and oxygen atoms in total. The zero-order chi connectivity index (χ0) is 18.5. The molecule has 0 bridgehead atoms. The van der Waals surface area contributed by atoms with Gasteiger partial charge >= 0.3 is 5.97 Å². The summed E-state index contributed by atoms with van der Waals surface area (Å²) in [4.78, 5) is 16.6. The van der Waals surface area contributed by atoms with E-state index >= 15 is 0 Å². The molecule has 0 saturated carbocycles. The molecular formula is C19H28BrClN2O2. The average Bonchev–Trinajstić information content (AvgIpc) is 2.60. The highest BCUT2D eigenvalue weighted by Gasteiger charge is 2.12. The standard InChI is InChI=1S/C19H28BrClN2O2/c1-2-3-4-7-10-23-14-16-12-15(13-17(20)18(16)22)19(24)25-11-8-5-6-9-21/h12-14H,2-11,22H2,1H3. The number of hydrogen-bond donors (Lipinski definition) is 1. The van der Waals surface area contributed by atoms with Gasteiger partial charge in [0.1, 0.15) is 0 Å². The van der Waals surface area contributed by atoms with Crippen molar-refractivity contribution in [2.75, 3.05) is 24.8 Å². The van der Waals surface area contributed by atoms with Gasteiger partial charge in [-0.05, 0) is 53.7 Å². The molecule has 0 spiro atoms. The predicted octanol–water partition coefficient (Wildman–Crippen LogP) is 5.60. The van der Waals surface area contributed by atoms with Crippen LogP contribution in [0.15, 0.2) is 21.6 Å². The second-order valence-corrected chi connectivity index (χ2v) is 7.17. The average molecular weight is 432 g/mol. The Labute approximate surface area is 164 Å². The van der Waals surface area contributed by atoms with E-state index in [0.29, 0.717) is 28.2 Å². The first-order valence-corrected chi connectivity index (χ1v) is 10.2. The molecule has 25 heavy (non-hydrogen) atoms. The summed E-state index contributed by atoms with van der Waals surface area (Å²) in [7, 11) is 0. The highest BCUT2D eigenvalue weighted by molar-refractivity contribution is 9.10. The van der Waals surface area contributed by atoms with E-state index in [0.717, 1.165) is 37.8 Å². The van der Waals surface area contributed by atoms with Crippen LogP contribution in [0.4, 0.5) is 5.69 Å². The molecule has 0 aliphatic rings. The second kappa shape index (κ2) is 13.2. The monoisotopic (exact) mass is 430 g/mol. The number of halogens is 2. The molecule has 140 valence electrons. The number of nitrogens with zero attached hydrogens (tertiary/aromatic N) is 1. The highest BCUT2D eigenvalue weighted by Crippen LogP contribution is 2.25. The summed E-state index contributed by atoms with van der Waals surface area (Å²) in [5.74, 6) is 0.296. The zero-order valence-corrected chi connectivity index (χ0v) is 17.2. The maximum absolute atomic E-state index is 12.2. The second-order valence-electron chi connectivity index (χ2n) is 5.94. The van der Waals surface area contributed by atoms with Gasteiger partial charge in [-0.1, -0.05) is 26.2 Å². The SMILES string of the molecule is CCCCCCN=Cc1cc(C(=O)OCCCCCCl)cc(Br)c1N. The lowest BCUT2D eigenvalue weighted by Crippen LogP contribution is -2.08. The number of unbranched alkanes of at least 4 members (excludes halogenated alkanes) is 5. The molecule has 1 rings (SSSR count). The van der Waals surface area contributed by atoms with Gasteiger partial charge in [0.15, 0.2) is 0 Å². The van der Waals surface area contributed by atoms with Gasteiger partial charge in [0, 0.05) is 28.7 Å². The van der Waals surface area contributed by atoms with Gasteiger partial charge in [-0.3, -0.25) is 4.99 Å². The van der Waals surface area contributed by atoms with Gasteiger partial charge in [0.25, 0.3) is 0 Å². The Morgan fingerprint density at radius 1 is 1.24 bits per heavy atom. The Morgan fingerprint density at radius 3 is 2.72 bits per heavy atom. The van der Waals surface area contributed by atoms with E-state index in [2.05, 4.69) is 27.8 Å². The number of anilines is 1. The van der Waals surface area contributed by atoms with Crippen LogP contribution in [-0.2, 0) is 4.74 Å². The molecule has 0 unspecified atom stereocenters. The number of carbonyl (C=O) groups excluding carboxylic acids is 1. The van der Waals surface area contributed by atoms with Crippen molar-refractivity contribution in [2.45, 2.75) is 51.9 Å². The first kappa shape index (κ1) is 22.0. The van der Waals surface area contributed by atoms with Crippen LogP contribution in [0.2, 0.25) is 0 Å². The summed E-state index contributed by atoms with van der Waals surface area (Å²) >= 11 is 9.03. The Bertz CT molecular complexity index is 565. The minimum Gasteiger partial charge on any atom is -0.462 e. The smallest absolute Gasteiger partial charge is 0.338 e. The molecule has 0 heterocycles. The summed E-state index contributed by atoms with van der Waals surface area (Å²) in [6, 6.07) is 3.42. The molecule has 0 aromatic heterocycles. The van der Waals surface area contributed by atoms with Crippen molar-refractivity contribution in [2.24, 2.45) is 4.99 Å². The van der Waals surface area contributed by atoms with E-state index in [9.17, 15) is 4.79 Å². The van der Waals surface area contributed by atoms with Crippen LogP contribution in [0.5, 0.6) is 0 Å². The number of ether oxygens (including phenoxy) is 1. The largest absolute Gasteiger partial charge is 0.462 e. The zero-order valence-electron chi connectivity index (χ0n) is 14.9. The minimum atomic E-state index is -0.343. The molecule has 0 atom stereocenters. The quantitative estimate of drug-likeness (QED) is 0.154. The third kappa shape index (κ3) is 8.73. The van der Waals surface area contributed by atoms with E-state index in [1.54, 1.807) is 18.3 Å². The van der Waals surface area contributed by atoms with Gasteiger partial charge in [-0.15, -0.1) is 11.6 Å². The molecule has 1 aromatic carbocycles. The number of esters is 1. The van der Waals surface area contributed by atoms with E-state index in [4.69, 9.17) is 22.1 Å². The highest BCUT2D eigenvalue weighted by atomic mass is 79.9. The van der Waals surface area contributed by atoms with E-state index in [1.807, 2.05) is 0 Å². The van der Waals surface area contributed by atoms with Crippen LogP contribution in [0, 0.1) is 0 Å². The Kier molecular flexibility index (Phi) is 11.6. The number of rotatable bonds is 12. The molecule has 1 aromatic rings.